The maximum atomic E-state index is 3.30. The average Bonchev–Trinajstić information content (AvgIpc) is 3.43. The van der Waals surface area contributed by atoms with Crippen molar-refractivity contribution in [2.45, 2.75) is 41.0 Å². The van der Waals surface area contributed by atoms with Gasteiger partial charge in [0.25, 0.3) is 0 Å². The van der Waals surface area contributed by atoms with Crippen LogP contribution < -0.4 is 24.8 Å². The Morgan fingerprint density at radius 3 is 1.74 bits per heavy atom. The molecule has 1 unspecified atom stereocenters. The van der Waals surface area contributed by atoms with Gasteiger partial charge in [0, 0.05) is 0 Å². The molecule has 0 saturated heterocycles. The van der Waals surface area contributed by atoms with Gasteiger partial charge in [-0.2, -0.15) is 35.9 Å². The molecule has 0 aliphatic heterocycles. The number of hydrogen-bond acceptors (Lipinski definition) is 0. The molecule has 39 heavy (non-hydrogen) atoms. The summed E-state index contributed by atoms with van der Waals surface area (Å²) in [6, 6.07) is 35.6. The Morgan fingerprint density at radius 1 is 0.718 bits per heavy atom. The fourth-order valence-corrected chi connectivity index (χ4v) is 5.42. The zero-order valence-corrected chi connectivity index (χ0v) is 27.2. The van der Waals surface area contributed by atoms with Crippen molar-refractivity contribution < 1.29 is 49.0 Å². The second kappa shape index (κ2) is 15.5. The fraction of sp³-hybridized carbons (Fsp3) is 0.194. The van der Waals surface area contributed by atoms with E-state index in [1.165, 1.54) is 83.1 Å². The summed E-state index contributed by atoms with van der Waals surface area (Å²) < 4.78 is 1.42. The van der Waals surface area contributed by atoms with Gasteiger partial charge in [0.05, 0.1) is 0 Å². The fourth-order valence-electron chi connectivity index (χ4n) is 4.60. The molecule has 0 nitrogen and oxygen atoms in total. The van der Waals surface area contributed by atoms with Gasteiger partial charge in [-0.3, -0.25) is 6.08 Å². The first-order valence-corrected chi connectivity index (χ1v) is 14.1. The normalized spacial score (nSPS) is 14.0. The molecule has 0 spiro atoms. The van der Waals surface area contributed by atoms with Crippen molar-refractivity contribution in [1.82, 2.24) is 0 Å². The number of fused-ring (bicyclic) bond motifs is 3. The predicted octanol–water partition coefficient (Wildman–Crippen LogP) is 2.82. The molecule has 0 bridgehead atoms. The zero-order valence-electron chi connectivity index (χ0n) is 23.3. The molecule has 0 saturated carbocycles. The monoisotopic (exact) mass is 626 g/mol. The van der Waals surface area contributed by atoms with E-state index in [0.29, 0.717) is 5.92 Å². The predicted molar refractivity (Wildman–Crippen MR) is 154 cm³/mol. The molecular formula is C36H34Cl2Zr-2. The SMILES string of the molecule is CC1=[C-]C(C)C=C1C.Cc1ccc([C](=[Zr+2])c2ccc(C)cc2)cc1.[Cl-].[Cl-].[c-]1cccc2c1Cc1ccccc1-2. The third kappa shape index (κ3) is 8.84. The van der Waals surface area contributed by atoms with Gasteiger partial charge in [0.15, 0.2) is 0 Å². The Bertz CT molecular complexity index is 1340. The molecule has 1 atom stereocenters. The number of aryl methyl sites for hydroxylation is 2. The zero-order chi connectivity index (χ0) is 26.4. The minimum Gasteiger partial charge on any atom is -1.00 e. The molecule has 4 aromatic carbocycles. The smallest absolute Gasteiger partial charge is 0.0253 e. The molecule has 6 rings (SSSR count). The summed E-state index contributed by atoms with van der Waals surface area (Å²) in [5.41, 5.74) is 13.5. The van der Waals surface area contributed by atoms with E-state index in [4.69, 9.17) is 0 Å². The van der Waals surface area contributed by atoms with Gasteiger partial charge in [0.2, 0.25) is 0 Å². The Labute approximate surface area is 262 Å². The first-order chi connectivity index (χ1) is 17.8. The summed E-state index contributed by atoms with van der Waals surface area (Å²) in [5.74, 6) is 0.551. The Hall–Kier alpha value is -2.31. The van der Waals surface area contributed by atoms with E-state index < -0.39 is 0 Å². The molecule has 0 N–H and O–H groups in total. The van der Waals surface area contributed by atoms with Gasteiger partial charge in [-0.05, 0) is 6.42 Å². The van der Waals surface area contributed by atoms with Crippen LogP contribution >= 0.6 is 0 Å². The van der Waals surface area contributed by atoms with Crippen LogP contribution in [0.4, 0.5) is 0 Å². The summed E-state index contributed by atoms with van der Waals surface area (Å²) in [4.78, 5) is 0. The van der Waals surface area contributed by atoms with Crippen LogP contribution in [0.15, 0.2) is 108 Å². The van der Waals surface area contributed by atoms with E-state index in [9.17, 15) is 0 Å². The maximum absolute atomic E-state index is 3.30. The summed E-state index contributed by atoms with van der Waals surface area (Å²) in [5, 5.41) is 0. The van der Waals surface area contributed by atoms with E-state index in [0.717, 1.165) is 6.42 Å². The molecule has 2 aliphatic carbocycles. The van der Waals surface area contributed by atoms with Crippen LogP contribution in [0.5, 0.6) is 0 Å². The topological polar surface area (TPSA) is 0 Å². The van der Waals surface area contributed by atoms with Gasteiger partial charge in [-0.1, -0.05) is 55.2 Å². The molecule has 0 radical (unpaired) electrons. The summed E-state index contributed by atoms with van der Waals surface area (Å²) in [6.07, 6.45) is 6.57. The van der Waals surface area contributed by atoms with Crippen molar-refractivity contribution in [2.75, 3.05) is 0 Å². The maximum Gasteiger partial charge on any atom is -0.0253 e. The summed E-state index contributed by atoms with van der Waals surface area (Å²) in [6.45, 7) is 10.6. The van der Waals surface area contributed by atoms with Crippen molar-refractivity contribution in [2.24, 2.45) is 5.92 Å². The standard InChI is InChI=1S/C15H14.C13H9.C8H11.2ClH.Zr/c1-12-3-7-14(8-4-12)11-15-9-5-13(2)6-10-15;1-3-7-12-10(5-1)9-11-6-2-4-8-13(11)12;1-6-4-7(2)8(3)5-6;;;/h3-10H,1-2H3;1-5,7-8H,9H2;4,6H,1-3H3;2*1H;/q;2*-1;;;+2/p-2. The Kier molecular flexibility index (Phi) is 13.1. The van der Waals surface area contributed by atoms with Crippen LogP contribution in [0.3, 0.4) is 0 Å². The molecular weight excluding hydrogens is 595 g/mol. The van der Waals surface area contributed by atoms with E-state index in [1.54, 1.807) is 0 Å². The first kappa shape index (κ1) is 32.9. The number of rotatable bonds is 2. The molecule has 3 heteroatoms. The van der Waals surface area contributed by atoms with Crippen LogP contribution in [0.25, 0.3) is 11.1 Å². The quantitative estimate of drug-likeness (QED) is 0.264. The van der Waals surface area contributed by atoms with Crippen LogP contribution in [-0.4, -0.2) is 3.21 Å². The van der Waals surface area contributed by atoms with Crippen molar-refractivity contribution in [3.63, 3.8) is 0 Å². The summed E-state index contributed by atoms with van der Waals surface area (Å²) in [7, 11) is 0. The molecule has 0 fully saturated rings. The van der Waals surface area contributed by atoms with Gasteiger partial charge in [-0.25, -0.2) is 11.1 Å². The van der Waals surface area contributed by atoms with Gasteiger partial charge >= 0.3 is 112 Å². The third-order valence-corrected chi connectivity index (χ3v) is 8.25. The van der Waals surface area contributed by atoms with Crippen LogP contribution in [0, 0.1) is 31.9 Å². The summed E-state index contributed by atoms with van der Waals surface area (Å²) >= 11 is 1.46. The molecule has 0 heterocycles. The van der Waals surface area contributed by atoms with Crippen LogP contribution in [0.2, 0.25) is 0 Å². The van der Waals surface area contributed by atoms with Crippen molar-refractivity contribution >= 4 is 3.21 Å². The van der Waals surface area contributed by atoms with Crippen molar-refractivity contribution in [1.29, 1.82) is 0 Å². The molecule has 0 aromatic heterocycles. The largest absolute Gasteiger partial charge is 1.00 e. The molecule has 0 amide bonds. The number of benzene rings is 4. The molecule has 198 valence electrons. The second-order valence-corrected chi connectivity index (χ2v) is 11.1. The average molecular weight is 629 g/mol. The van der Waals surface area contributed by atoms with Crippen LogP contribution in [0.1, 0.15) is 54.2 Å². The molecule has 4 aromatic rings. The van der Waals surface area contributed by atoms with Crippen molar-refractivity contribution in [3.8, 4) is 11.1 Å². The van der Waals surface area contributed by atoms with Crippen molar-refractivity contribution in [3.05, 3.63) is 154 Å². The van der Waals surface area contributed by atoms with E-state index in [-0.39, 0.29) is 24.8 Å². The Balaban J connectivity index is 0.000000210. The number of allylic oxidation sites excluding steroid dienone is 4. The van der Waals surface area contributed by atoms with E-state index >= 15 is 0 Å². The Morgan fingerprint density at radius 2 is 1.26 bits per heavy atom. The minimum atomic E-state index is 0. The number of halogens is 2. The minimum absolute atomic E-state index is 0. The van der Waals surface area contributed by atoms with Gasteiger partial charge in [-0.15, -0.1) is 12.5 Å². The second-order valence-electron chi connectivity index (χ2n) is 9.91. The van der Waals surface area contributed by atoms with Crippen LogP contribution in [-0.2, 0) is 30.7 Å². The van der Waals surface area contributed by atoms with E-state index in [2.05, 4.69) is 138 Å². The van der Waals surface area contributed by atoms with E-state index in [1.807, 2.05) is 6.07 Å². The third-order valence-electron chi connectivity index (χ3n) is 6.83. The molecule has 2 aliphatic rings. The van der Waals surface area contributed by atoms with Gasteiger partial charge < -0.3 is 24.8 Å². The van der Waals surface area contributed by atoms with Gasteiger partial charge in [0.1, 0.15) is 0 Å². The number of hydrogen-bond donors (Lipinski definition) is 0. The first-order valence-electron chi connectivity index (χ1n) is 12.9.